The van der Waals surface area contributed by atoms with E-state index in [1.807, 2.05) is 13.8 Å². The van der Waals surface area contributed by atoms with Crippen LogP contribution in [0, 0.1) is 13.8 Å². The average molecular weight is 290 g/mol. The van der Waals surface area contributed by atoms with Crippen LogP contribution in [0.4, 0.5) is 8.78 Å². The Morgan fingerprint density at radius 2 is 2.16 bits per heavy atom. The summed E-state index contributed by atoms with van der Waals surface area (Å²) in [5.74, 6) is -5.18. The molecule has 0 aromatic carbocycles. The van der Waals surface area contributed by atoms with Crippen molar-refractivity contribution in [1.82, 2.24) is 10.3 Å². The third-order valence-corrected chi connectivity index (χ3v) is 4.39. The summed E-state index contributed by atoms with van der Waals surface area (Å²) < 4.78 is 27.6. The van der Waals surface area contributed by atoms with Gasteiger partial charge in [-0.3, -0.25) is 4.79 Å². The second-order valence-electron chi connectivity index (χ2n) is 4.88. The lowest BCUT2D eigenvalue weighted by molar-refractivity contribution is -0.216. The van der Waals surface area contributed by atoms with Crippen LogP contribution in [0.25, 0.3) is 0 Å². The zero-order valence-electron chi connectivity index (χ0n) is 10.8. The molecule has 2 N–H and O–H groups in total. The van der Waals surface area contributed by atoms with Crippen molar-refractivity contribution >= 4 is 17.2 Å². The highest BCUT2D eigenvalue weighted by atomic mass is 32.1. The maximum atomic E-state index is 13.8. The fourth-order valence-electron chi connectivity index (χ4n) is 2.05. The molecule has 1 saturated carbocycles. The van der Waals surface area contributed by atoms with Crippen LogP contribution in [0.3, 0.4) is 0 Å². The summed E-state index contributed by atoms with van der Waals surface area (Å²) in [6, 6.07) is 0. The highest BCUT2D eigenvalue weighted by molar-refractivity contribution is 7.11. The number of amides is 1. The summed E-state index contributed by atoms with van der Waals surface area (Å²) in [4.78, 5) is 16.6. The van der Waals surface area contributed by atoms with Gasteiger partial charge in [-0.1, -0.05) is 0 Å². The molecule has 0 unspecified atom stereocenters. The first-order valence-corrected chi connectivity index (χ1v) is 6.89. The van der Waals surface area contributed by atoms with Gasteiger partial charge in [0.2, 0.25) is 0 Å². The predicted molar refractivity (Wildman–Crippen MR) is 67.2 cm³/mol. The first-order valence-electron chi connectivity index (χ1n) is 6.08. The third-order valence-electron chi connectivity index (χ3n) is 3.47. The SMILES string of the molecule is Cc1nc(CNC(=O)C(F)(F)C2(O)CCC2)c(C)s1. The van der Waals surface area contributed by atoms with Crippen LogP contribution in [0.5, 0.6) is 0 Å². The van der Waals surface area contributed by atoms with E-state index in [1.165, 1.54) is 11.3 Å². The van der Waals surface area contributed by atoms with Crippen molar-refractivity contribution in [2.75, 3.05) is 0 Å². The molecule has 2 rings (SSSR count). The number of carbonyl (C=O) groups excluding carboxylic acids is 1. The second-order valence-corrected chi connectivity index (χ2v) is 6.29. The number of aryl methyl sites for hydroxylation is 2. The lowest BCUT2D eigenvalue weighted by atomic mass is 9.75. The number of nitrogens with zero attached hydrogens (tertiary/aromatic N) is 1. The molecule has 1 aromatic rings. The minimum atomic E-state index is -3.75. The molecule has 19 heavy (non-hydrogen) atoms. The Morgan fingerprint density at radius 3 is 2.58 bits per heavy atom. The van der Waals surface area contributed by atoms with Crippen molar-refractivity contribution < 1.29 is 18.7 Å². The average Bonchev–Trinajstić information content (AvgIpc) is 2.61. The van der Waals surface area contributed by atoms with Gasteiger partial charge in [-0.05, 0) is 33.1 Å². The Morgan fingerprint density at radius 1 is 1.53 bits per heavy atom. The highest BCUT2D eigenvalue weighted by Gasteiger charge is 2.61. The van der Waals surface area contributed by atoms with Gasteiger partial charge in [-0.15, -0.1) is 11.3 Å². The van der Waals surface area contributed by atoms with Crippen molar-refractivity contribution in [3.05, 3.63) is 15.6 Å². The van der Waals surface area contributed by atoms with Crippen LogP contribution in [-0.2, 0) is 11.3 Å². The van der Waals surface area contributed by atoms with Gasteiger partial charge < -0.3 is 10.4 Å². The number of alkyl halides is 2. The molecule has 1 amide bonds. The van der Waals surface area contributed by atoms with E-state index >= 15 is 0 Å². The van der Waals surface area contributed by atoms with Crippen LogP contribution >= 0.6 is 11.3 Å². The zero-order valence-corrected chi connectivity index (χ0v) is 11.6. The predicted octanol–water partition coefficient (Wildman–Crippen LogP) is 1.93. The summed E-state index contributed by atoms with van der Waals surface area (Å²) in [7, 11) is 0. The molecule has 1 heterocycles. The summed E-state index contributed by atoms with van der Waals surface area (Å²) in [5, 5.41) is 12.6. The third kappa shape index (κ3) is 2.49. The lowest BCUT2D eigenvalue weighted by Gasteiger charge is -2.41. The van der Waals surface area contributed by atoms with Crippen LogP contribution in [0.15, 0.2) is 0 Å². The Balaban J connectivity index is 1.99. The zero-order chi connectivity index (χ0) is 14.3. The number of halogens is 2. The summed E-state index contributed by atoms with van der Waals surface area (Å²) in [5.41, 5.74) is -1.59. The number of aromatic nitrogens is 1. The molecule has 0 saturated heterocycles. The van der Waals surface area contributed by atoms with Gasteiger partial charge in [-0.25, -0.2) is 4.98 Å². The van der Waals surface area contributed by atoms with Gasteiger partial charge in [0.15, 0.2) is 0 Å². The number of aliphatic hydroxyl groups is 1. The molecule has 7 heteroatoms. The standard InChI is InChI=1S/C12H16F2N2O2S/c1-7-9(16-8(2)19-7)6-15-10(17)12(13,14)11(18)4-3-5-11/h18H,3-6H2,1-2H3,(H,15,17). The molecule has 0 radical (unpaired) electrons. The molecular weight excluding hydrogens is 274 g/mol. The molecule has 0 aliphatic heterocycles. The minimum Gasteiger partial charge on any atom is -0.383 e. The van der Waals surface area contributed by atoms with Crippen LogP contribution in [-0.4, -0.2) is 27.5 Å². The minimum absolute atomic E-state index is 0.0394. The van der Waals surface area contributed by atoms with E-state index in [4.69, 9.17) is 0 Å². The van der Waals surface area contributed by atoms with E-state index in [9.17, 15) is 18.7 Å². The fourth-order valence-corrected chi connectivity index (χ4v) is 2.88. The number of carbonyl (C=O) groups is 1. The quantitative estimate of drug-likeness (QED) is 0.890. The number of hydrogen-bond acceptors (Lipinski definition) is 4. The Hall–Kier alpha value is -1.08. The maximum absolute atomic E-state index is 13.8. The van der Waals surface area contributed by atoms with E-state index < -0.39 is 17.4 Å². The van der Waals surface area contributed by atoms with Crippen LogP contribution < -0.4 is 5.32 Å². The van der Waals surface area contributed by atoms with Crippen molar-refractivity contribution in [2.24, 2.45) is 0 Å². The summed E-state index contributed by atoms with van der Waals surface area (Å²) in [6.45, 7) is 3.60. The van der Waals surface area contributed by atoms with Crippen molar-refractivity contribution in [3.8, 4) is 0 Å². The topological polar surface area (TPSA) is 62.2 Å². The maximum Gasteiger partial charge on any atom is 0.352 e. The number of rotatable bonds is 4. The van der Waals surface area contributed by atoms with E-state index in [2.05, 4.69) is 10.3 Å². The van der Waals surface area contributed by atoms with E-state index in [-0.39, 0.29) is 19.4 Å². The first kappa shape index (κ1) is 14.3. The van der Waals surface area contributed by atoms with E-state index in [0.29, 0.717) is 12.1 Å². The Labute approximate surface area is 113 Å². The monoisotopic (exact) mass is 290 g/mol. The second kappa shape index (κ2) is 4.79. The van der Waals surface area contributed by atoms with Gasteiger partial charge in [-0.2, -0.15) is 8.78 Å². The van der Waals surface area contributed by atoms with Crippen molar-refractivity contribution in [1.29, 1.82) is 0 Å². The molecular formula is C12H16F2N2O2S. The van der Waals surface area contributed by atoms with Crippen LogP contribution in [0.1, 0.15) is 34.8 Å². The summed E-state index contributed by atoms with van der Waals surface area (Å²) in [6.07, 6.45) is 0.439. The Bertz CT molecular complexity index is 498. The van der Waals surface area contributed by atoms with Gasteiger partial charge >= 0.3 is 5.92 Å². The lowest BCUT2D eigenvalue weighted by Crippen LogP contribution is -2.60. The Kier molecular flexibility index (Phi) is 3.61. The number of nitrogens with one attached hydrogen (secondary N) is 1. The van der Waals surface area contributed by atoms with Crippen molar-refractivity contribution in [3.63, 3.8) is 0 Å². The van der Waals surface area contributed by atoms with Gasteiger partial charge in [0.25, 0.3) is 5.91 Å². The molecule has 1 fully saturated rings. The van der Waals surface area contributed by atoms with E-state index in [1.54, 1.807) is 0 Å². The largest absolute Gasteiger partial charge is 0.383 e. The molecule has 106 valence electrons. The smallest absolute Gasteiger partial charge is 0.352 e. The first-order chi connectivity index (χ1) is 8.76. The fraction of sp³-hybridized carbons (Fsp3) is 0.667. The van der Waals surface area contributed by atoms with E-state index in [0.717, 1.165) is 9.88 Å². The summed E-state index contributed by atoms with van der Waals surface area (Å²) >= 11 is 1.45. The molecule has 0 spiro atoms. The highest BCUT2D eigenvalue weighted by Crippen LogP contribution is 2.44. The molecule has 1 aliphatic rings. The van der Waals surface area contributed by atoms with Crippen molar-refractivity contribution in [2.45, 2.75) is 51.2 Å². The van der Waals surface area contributed by atoms with Gasteiger partial charge in [0.05, 0.1) is 17.2 Å². The molecule has 4 nitrogen and oxygen atoms in total. The van der Waals surface area contributed by atoms with Gasteiger partial charge in [0.1, 0.15) is 5.60 Å². The molecule has 1 aromatic heterocycles. The number of thiazole rings is 1. The molecule has 1 aliphatic carbocycles. The number of hydrogen-bond donors (Lipinski definition) is 2. The normalized spacial score (nSPS) is 17.9. The molecule has 0 atom stereocenters. The van der Waals surface area contributed by atoms with Gasteiger partial charge in [0, 0.05) is 4.88 Å². The van der Waals surface area contributed by atoms with Crippen LogP contribution in [0.2, 0.25) is 0 Å². The molecule has 0 bridgehead atoms.